The lowest BCUT2D eigenvalue weighted by molar-refractivity contribution is 0.661. The van der Waals surface area contributed by atoms with Crippen molar-refractivity contribution in [2.24, 2.45) is 7.05 Å². The van der Waals surface area contributed by atoms with Gasteiger partial charge < -0.3 is 0 Å². The highest BCUT2D eigenvalue weighted by Crippen LogP contribution is 2.12. The summed E-state index contributed by atoms with van der Waals surface area (Å²) in [6.45, 7) is 0. The predicted octanol–water partition coefficient (Wildman–Crippen LogP) is 1.42. The maximum absolute atomic E-state index is 12.9. The minimum atomic E-state index is -0.649. The molecule has 0 aromatic heterocycles. The molecule has 2 heterocycles. The van der Waals surface area contributed by atoms with E-state index in [1.165, 1.54) is 4.68 Å². The van der Waals surface area contributed by atoms with E-state index >= 15 is 0 Å². The van der Waals surface area contributed by atoms with Gasteiger partial charge in [-0.2, -0.15) is 10.1 Å². The molecule has 26 heavy (non-hydrogen) atoms. The van der Waals surface area contributed by atoms with Crippen LogP contribution in [-0.4, -0.2) is 24.3 Å². The van der Waals surface area contributed by atoms with E-state index in [1.807, 2.05) is 36.4 Å². The minimum Gasteiger partial charge on any atom is -0.266 e. The van der Waals surface area contributed by atoms with Crippen LogP contribution in [0.1, 0.15) is 11.4 Å². The van der Waals surface area contributed by atoms with Gasteiger partial charge in [0.25, 0.3) is 5.56 Å². The number of benzene rings is 2. The summed E-state index contributed by atoms with van der Waals surface area (Å²) in [7, 11) is 1.65. The van der Waals surface area contributed by atoms with Crippen molar-refractivity contribution in [2.75, 3.05) is 0 Å². The zero-order valence-electron chi connectivity index (χ0n) is 14.0. The molecule has 0 amide bonds. The summed E-state index contributed by atoms with van der Waals surface area (Å²) in [6.07, 6.45) is 0.481. The van der Waals surface area contributed by atoms with Gasteiger partial charge in [0.15, 0.2) is 17.3 Å². The molecule has 0 bridgehead atoms. The van der Waals surface area contributed by atoms with Crippen molar-refractivity contribution < 1.29 is 0 Å². The van der Waals surface area contributed by atoms with E-state index in [4.69, 9.17) is 0 Å². The number of hydrogen-bond acceptors (Lipinski definition) is 5. The number of para-hydroxylation sites is 1. The molecule has 2 aliphatic heterocycles. The first kappa shape index (κ1) is 15.9. The molecule has 0 unspecified atom stereocenters. The monoisotopic (exact) mass is 345 g/mol. The van der Waals surface area contributed by atoms with Gasteiger partial charge >= 0.3 is 5.69 Å². The summed E-state index contributed by atoms with van der Waals surface area (Å²) in [5, 5.41) is 4.34. The lowest BCUT2D eigenvalue weighted by Crippen LogP contribution is -2.38. The van der Waals surface area contributed by atoms with Crippen LogP contribution in [0.15, 0.2) is 70.3 Å². The molecule has 0 aliphatic carbocycles. The predicted molar refractivity (Wildman–Crippen MR) is 96.5 cm³/mol. The van der Waals surface area contributed by atoms with Gasteiger partial charge in [0.05, 0.1) is 5.69 Å². The van der Waals surface area contributed by atoms with Crippen LogP contribution in [0.2, 0.25) is 0 Å². The first-order valence-corrected chi connectivity index (χ1v) is 8.10. The highest BCUT2D eigenvalue weighted by atomic mass is 16.2. The first-order chi connectivity index (χ1) is 12.6. The van der Waals surface area contributed by atoms with Crippen molar-refractivity contribution in [3.8, 4) is 17.2 Å². The summed E-state index contributed by atoms with van der Waals surface area (Å²) >= 11 is 0. The van der Waals surface area contributed by atoms with Crippen LogP contribution in [0.25, 0.3) is 17.2 Å². The second-order valence-electron chi connectivity index (χ2n) is 5.86. The molecule has 0 saturated carbocycles. The number of hydrogen-bond donors (Lipinski definition) is 0. The molecule has 2 aromatic carbocycles. The Labute approximate surface area is 148 Å². The van der Waals surface area contributed by atoms with Crippen LogP contribution in [0, 0.1) is 0 Å². The molecular formula is C19H15N5O2. The van der Waals surface area contributed by atoms with Crippen LogP contribution in [0.3, 0.4) is 0 Å². The molecule has 4 rings (SSSR count). The van der Waals surface area contributed by atoms with Gasteiger partial charge in [0, 0.05) is 13.5 Å². The number of nitrogens with zero attached hydrogens (tertiary/aromatic N) is 5. The van der Waals surface area contributed by atoms with Crippen molar-refractivity contribution in [3.05, 3.63) is 92.9 Å². The minimum absolute atomic E-state index is 0.122. The van der Waals surface area contributed by atoms with Gasteiger partial charge in [-0.1, -0.05) is 48.5 Å². The second kappa shape index (κ2) is 6.36. The topological polar surface area (TPSA) is 82.7 Å². The van der Waals surface area contributed by atoms with Gasteiger partial charge in [0.2, 0.25) is 0 Å². The summed E-state index contributed by atoms with van der Waals surface area (Å²) in [5.41, 5.74) is 0.463. The summed E-state index contributed by atoms with van der Waals surface area (Å²) < 4.78 is 2.46. The Bertz CT molecular complexity index is 1150. The third-order valence-electron chi connectivity index (χ3n) is 4.04. The van der Waals surface area contributed by atoms with Gasteiger partial charge in [-0.15, -0.1) is 0 Å². The number of rotatable bonds is 3. The molecule has 0 atom stereocenters. The summed E-state index contributed by atoms with van der Waals surface area (Å²) in [6, 6.07) is 18.4. The summed E-state index contributed by atoms with van der Waals surface area (Å²) in [5.74, 6) is 0.660. The fourth-order valence-corrected chi connectivity index (χ4v) is 2.84. The second-order valence-corrected chi connectivity index (χ2v) is 5.86. The van der Waals surface area contributed by atoms with E-state index in [2.05, 4.69) is 15.1 Å². The van der Waals surface area contributed by atoms with E-state index in [-0.39, 0.29) is 11.5 Å². The average Bonchev–Trinajstić information content (AvgIpc) is 2.65. The largest absolute Gasteiger partial charge is 0.357 e. The maximum atomic E-state index is 12.9. The molecule has 0 N–H and O–H groups in total. The van der Waals surface area contributed by atoms with E-state index in [0.717, 1.165) is 10.1 Å². The first-order valence-electron chi connectivity index (χ1n) is 8.10. The van der Waals surface area contributed by atoms with Crippen LogP contribution in [0.4, 0.5) is 0 Å². The molecule has 0 radical (unpaired) electrons. The Morgan fingerprint density at radius 1 is 0.885 bits per heavy atom. The van der Waals surface area contributed by atoms with Crippen LogP contribution < -0.4 is 11.2 Å². The van der Waals surface area contributed by atoms with Crippen molar-refractivity contribution >= 4 is 0 Å². The molecular weight excluding hydrogens is 330 g/mol. The van der Waals surface area contributed by atoms with Crippen molar-refractivity contribution in [1.29, 1.82) is 0 Å². The molecule has 0 saturated heterocycles. The Balaban J connectivity index is 1.92. The number of aromatic nitrogens is 5. The van der Waals surface area contributed by atoms with Crippen LogP contribution in [0.5, 0.6) is 0 Å². The SMILES string of the molecule is Cn1nc(Cc2ccccc2)nc2c(=O)n(-c3ccccc3)c(=O)nc1-2. The molecule has 0 fully saturated rings. The van der Waals surface area contributed by atoms with Crippen LogP contribution >= 0.6 is 0 Å². The quantitative estimate of drug-likeness (QED) is 0.561. The van der Waals surface area contributed by atoms with Crippen molar-refractivity contribution in [3.63, 3.8) is 0 Å². The lowest BCUT2D eigenvalue weighted by atomic mass is 10.1. The maximum Gasteiger partial charge on any atom is 0.357 e. The molecule has 0 spiro atoms. The molecule has 128 valence electrons. The Kier molecular flexibility index (Phi) is 3.89. The lowest BCUT2D eigenvalue weighted by Gasteiger charge is -2.12. The number of aryl methyl sites for hydroxylation is 1. The van der Waals surface area contributed by atoms with Gasteiger partial charge in [-0.25, -0.2) is 19.0 Å². The average molecular weight is 345 g/mol. The molecule has 2 aliphatic rings. The fraction of sp³-hybridized carbons (Fsp3) is 0.105. The molecule has 7 heteroatoms. The Hall–Kier alpha value is -3.61. The third-order valence-corrected chi connectivity index (χ3v) is 4.04. The molecule has 7 nitrogen and oxygen atoms in total. The highest BCUT2D eigenvalue weighted by molar-refractivity contribution is 5.50. The van der Waals surface area contributed by atoms with E-state index in [1.54, 1.807) is 31.3 Å². The normalized spacial score (nSPS) is 11.0. The van der Waals surface area contributed by atoms with E-state index < -0.39 is 11.2 Å². The zero-order chi connectivity index (χ0) is 18.1. The number of fused-ring (bicyclic) bond motifs is 1. The standard InChI is InChI=1S/C19H15N5O2/c1-23-17-16(20-15(22-23)12-13-8-4-2-5-9-13)18(25)24(19(26)21-17)14-10-6-3-7-11-14/h2-11H,12H2,1H3. The third kappa shape index (κ3) is 2.79. The van der Waals surface area contributed by atoms with Crippen molar-refractivity contribution in [2.45, 2.75) is 6.42 Å². The van der Waals surface area contributed by atoms with Crippen LogP contribution in [-0.2, 0) is 13.5 Å². The smallest absolute Gasteiger partial charge is 0.266 e. The van der Waals surface area contributed by atoms with Crippen molar-refractivity contribution in [1.82, 2.24) is 24.3 Å². The molecule has 2 aromatic rings. The highest BCUT2D eigenvalue weighted by Gasteiger charge is 2.20. The van der Waals surface area contributed by atoms with Gasteiger partial charge in [-0.3, -0.25) is 4.79 Å². The van der Waals surface area contributed by atoms with Gasteiger partial charge in [-0.05, 0) is 17.7 Å². The van der Waals surface area contributed by atoms with E-state index in [9.17, 15) is 9.59 Å². The zero-order valence-corrected chi connectivity index (χ0v) is 14.0. The van der Waals surface area contributed by atoms with E-state index in [0.29, 0.717) is 17.9 Å². The Morgan fingerprint density at radius 2 is 1.54 bits per heavy atom. The Morgan fingerprint density at radius 3 is 2.23 bits per heavy atom. The summed E-state index contributed by atoms with van der Waals surface area (Å²) in [4.78, 5) is 33.7. The van der Waals surface area contributed by atoms with Gasteiger partial charge in [0.1, 0.15) is 0 Å². The fourth-order valence-electron chi connectivity index (χ4n) is 2.84.